The Morgan fingerprint density at radius 2 is 1.60 bits per heavy atom. The van der Waals surface area contributed by atoms with Crippen molar-refractivity contribution in [2.24, 2.45) is 0 Å². The van der Waals surface area contributed by atoms with Crippen LogP contribution >= 0.6 is 0 Å². The van der Waals surface area contributed by atoms with E-state index >= 15 is 0 Å². The van der Waals surface area contributed by atoms with Crippen molar-refractivity contribution in [3.63, 3.8) is 0 Å². The number of carbonyl (C=O) groups is 2. The SMILES string of the molecule is CCC(C(=O)NC(C)(C)C)N(Cc1ccccc1)C(=O)CCCOc1ccccc1. The average Bonchev–Trinajstić information content (AvgIpc) is 2.71. The highest BCUT2D eigenvalue weighted by Crippen LogP contribution is 2.16. The second kappa shape index (κ2) is 11.4. The van der Waals surface area contributed by atoms with Crippen LogP contribution in [0.15, 0.2) is 60.7 Å². The molecule has 0 aliphatic rings. The number of amides is 2. The molecule has 2 rings (SSSR count). The van der Waals surface area contributed by atoms with Gasteiger partial charge in [-0.1, -0.05) is 55.5 Å². The second-order valence-electron chi connectivity index (χ2n) is 8.44. The van der Waals surface area contributed by atoms with Gasteiger partial charge in [-0.15, -0.1) is 0 Å². The molecule has 162 valence electrons. The summed E-state index contributed by atoms with van der Waals surface area (Å²) < 4.78 is 5.70. The molecule has 0 fully saturated rings. The molecular formula is C25H34N2O3. The van der Waals surface area contributed by atoms with Gasteiger partial charge in [0.25, 0.3) is 0 Å². The standard InChI is InChI=1S/C25H34N2O3/c1-5-22(24(29)26-25(2,3)4)27(19-20-13-8-6-9-14-20)23(28)17-12-18-30-21-15-10-7-11-16-21/h6-11,13-16,22H,5,12,17-19H2,1-4H3,(H,26,29). The summed E-state index contributed by atoms with van der Waals surface area (Å²) in [6.07, 6.45) is 1.48. The molecule has 2 aromatic rings. The van der Waals surface area contributed by atoms with E-state index in [1.807, 2.05) is 88.4 Å². The monoisotopic (exact) mass is 410 g/mol. The first-order valence-corrected chi connectivity index (χ1v) is 10.6. The summed E-state index contributed by atoms with van der Waals surface area (Å²) in [7, 11) is 0. The number of rotatable bonds is 10. The lowest BCUT2D eigenvalue weighted by Crippen LogP contribution is -2.53. The molecule has 30 heavy (non-hydrogen) atoms. The minimum absolute atomic E-state index is 0.0357. The summed E-state index contributed by atoms with van der Waals surface area (Å²) in [5, 5.41) is 3.02. The van der Waals surface area contributed by atoms with Gasteiger partial charge in [0.15, 0.2) is 0 Å². The third kappa shape index (κ3) is 7.90. The van der Waals surface area contributed by atoms with Crippen LogP contribution in [-0.4, -0.2) is 34.9 Å². The lowest BCUT2D eigenvalue weighted by molar-refractivity contribution is -0.142. The molecule has 1 atom stereocenters. The molecule has 0 aromatic heterocycles. The Labute approximate surface area is 180 Å². The van der Waals surface area contributed by atoms with Gasteiger partial charge in [-0.2, -0.15) is 0 Å². The largest absolute Gasteiger partial charge is 0.494 e. The zero-order valence-corrected chi connectivity index (χ0v) is 18.6. The fourth-order valence-electron chi connectivity index (χ4n) is 3.23. The predicted molar refractivity (Wildman–Crippen MR) is 120 cm³/mol. The van der Waals surface area contributed by atoms with Crippen LogP contribution in [0.3, 0.4) is 0 Å². The van der Waals surface area contributed by atoms with Crippen molar-refractivity contribution < 1.29 is 14.3 Å². The number of hydrogen-bond donors (Lipinski definition) is 1. The van der Waals surface area contributed by atoms with Crippen LogP contribution in [0.5, 0.6) is 5.75 Å². The first-order valence-electron chi connectivity index (χ1n) is 10.6. The van der Waals surface area contributed by atoms with Crippen LogP contribution in [0, 0.1) is 0 Å². The zero-order chi connectivity index (χ0) is 22.0. The van der Waals surface area contributed by atoms with E-state index in [-0.39, 0.29) is 17.4 Å². The fourth-order valence-corrected chi connectivity index (χ4v) is 3.23. The third-order valence-electron chi connectivity index (χ3n) is 4.63. The number of nitrogens with one attached hydrogen (secondary N) is 1. The van der Waals surface area contributed by atoms with E-state index in [4.69, 9.17) is 4.74 Å². The van der Waals surface area contributed by atoms with Gasteiger partial charge in [0.1, 0.15) is 11.8 Å². The van der Waals surface area contributed by atoms with Crippen LogP contribution < -0.4 is 10.1 Å². The van der Waals surface area contributed by atoms with E-state index in [9.17, 15) is 9.59 Å². The molecule has 0 saturated carbocycles. The van der Waals surface area contributed by atoms with Gasteiger partial charge in [-0.05, 0) is 51.3 Å². The Morgan fingerprint density at radius 1 is 1.00 bits per heavy atom. The summed E-state index contributed by atoms with van der Waals surface area (Å²) in [6.45, 7) is 8.65. The van der Waals surface area contributed by atoms with Gasteiger partial charge in [-0.25, -0.2) is 0 Å². The first-order chi connectivity index (χ1) is 14.3. The molecule has 5 heteroatoms. The van der Waals surface area contributed by atoms with Crippen LogP contribution in [0.1, 0.15) is 52.5 Å². The Balaban J connectivity index is 2.05. The Hall–Kier alpha value is -2.82. The Bertz CT molecular complexity index is 785. The highest BCUT2D eigenvalue weighted by atomic mass is 16.5. The maximum atomic E-state index is 13.1. The Kier molecular flexibility index (Phi) is 8.90. The molecule has 1 unspecified atom stereocenters. The minimum atomic E-state index is -0.507. The van der Waals surface area contributed by atoms with E-state index in [0.717, 1.165) is 11.3 Å². The van der Waals surface area contributed by atoms with Crippen LogP contribution in [-0.2, 0) is 16.1 Å². The predicted octanol–water partition coefficient (Wildman–Crippen LogP) is 4.57. The van der Waals surface area contributed by atoms with Crippen molar-refractivity contribution in [3.8, 4) is 5.75 Å². The number of carbonyl (C=O) groups excluding carboxylic acids is 2. The molecule has 0 spiro atoms. The highest BCUT2D eigenvalue weighted by Gasteiger charge is 2.30. The molecule has 0 heterocycles. The van der Waals surface area contributed by atoms with Crippen molar-refractivity contribution in [2.45, 2.75) is 65.1 Å². The van der Waals surface area contributed by atoms with Gasteiger partial charge >= 0.3 is 0 Å². The zero-order valence-electron chi connectivity index (χ0n) is 18.6. The number of para-hydroxylation sites is 1. The topological polar surface area (TPSA) is 58.6 Å². The maximum absolute atomic E-state index is 13.1. The summed E-state index contributed by atoms with van der Waals surface area (Å²) in [5.41, 5.74) is 0.656. The molecule has 1 N–H and O–H groups in total. The molecule has 0 bridgehead atoms. The molecule has 0 aliphatic heterocycles. The molecule has 0 radical (unpaired) electrons. The van der Waals surface area contributed by atoms with Crippen molar-refractivity contribution in [1.82, 2.24) is 10.2 Å². The van der Waals surface area contributed by atoms with Gasteiger partial charge in [0, 0.05) is 18.5 Å². The summed E-state index contributed by atoms with van der Waals surface area (Å²) >= 11 is 0. The van der Waals surface area contributed by atoms with Crippen LogP contribution in [0.2, 0.25) is 0 Å². The van der Waals surface area contributed by atoms with E-state index in [0.29, 0.717) is 32.4 Å². The summed E-state index contributed by atoms with van der Waals surface area (Å²) in [6, 6.07) is 18.9. The van der Waals surface area contributed by atoms with Gasteiger partial charge in [-0.3, -0.25) is 9.59 Å². The minimum Gasteiger partial charge on any atom is -0.494 e. The molecule has 2 aromatic carbocycles. The van der Waals surface area contributed by atoms with E-state index in [1.165, 1.54) is 0 Å². The lowest BCUT2D eigenvalue weighted by Gasteiger charge is -2.33. The molecule has 0 saturated heterocycles. The maximum Gasteiger partial charge on any atom is 0.243 e. The average molecular weight is 411 g/mol. The molecule has 2 amide bonds. The molecule has 0 aliphatic carbocycles. The second-order valence-corrected chi connectivity index (χ2v) is 8.44. The van der Waals surface area contributed by atoms with Gasteiger partial charge < -0.3 is 15.0 Å². The van der Waals surface area contributed by atoms with Crippen molar-refractivity contribution in [2.75, 3.05) is 6.61 Å². The van der Waals surface area contributed by atoms with Gasteiger partial charge in [0.2, 0.25) is 11.8 Å². The third-order valence-corrected chi connectivity index (χ3v) is 4.63. The lowest BCUT2D eigenvalue weighted by atomic mass is 10.0. The van der Waals surface area contributed by atoms with Crippen LogP contribution in [0.25, 0.3) is 0 Å². The number of benzene rings is 2. The summed E-state index contributed by atoms with van der Waals surface area (Å²) in [4.78, 5) is 27.7. The fraction of sp³-hybridized carbons (Fsp3) is 0.440. The highest BCUT2D eigenvalue weighted by molar-refractivity contribution is 5.88. The van der Waals surface area contributed by atoms with Crippen LogP contribution in [0.4, 0.5) is 0 Å². The van der Waals surface area contributed by atoms with Gasteiger partial charge in [0.05, 0.1) is 6.61 Å². The van der Waals surface area contributed by atoms with E-state index in [1.54, 1.807) is 4.90 Å². The Morgan fingerprint density at radius 3 is 2.17 bits per heavy atom. The van der Waals surface area contributed by atoms with E-state index in [2.05, 4.69) is 5.32 Å². The first kappa shape index (κ1) is 23.5. The molecular weight excluding hydrogens is 376 g/mol. The van der Waals surface area contributed by atoms with Crippen molar-refractivity contribution in [1.29, 1.82) is 0 Å². The summed E-state index contributed by atoms with van der Waals surface area (Å²) in [5.74, 6) is 0.642. The quantitative estimate of drug-likeness (QED) is 0.584. The van der Waals surface area contributed by atoms with Crippen molar-refractivity contribution >= 4 is 11.8 Å². The number of nitrogens with zero attached hydrogens (tertiary/aromatic N) is 1. The number of ether oxygens (including phenoxy) is 1. The smallest absolute Gasteiger partial charge is 0.243 e. The van der Waals surface area contributed by atoms with Crippen molar-refractivity contribution in [3.05, 3.63) is 66.2 Å². The molecule has 5 nitrogen and oxygen atoms in total. The normalized spacial score (nSPS) is 12.1. The number of hydrogen-bond acceptors (Lipinski definition) is 3. The van der Waals surface area contributed by atoms with E-state index < -0.39 is 6.04 Å².